The first-order valence-corrected chi connectivity index (χ1v) is 12.6. The van der Waals surface area contributed by atoms with E-state index in [1.165, 1.54) is 89.9 Å². The van der Waals surface area contributed by atoms with Gasteiger partial charge < -0.3 is 4.74 Å². The Bertz CT molecular complexity index is 671. The van der Waals surface area contributed by atoms with Crippen LogP contribution in [0.1, 0.15) is 102 Å². The van der Waals surface area contributed by atoms with Crippen molar-refractivity contribution in [2.24, 2.45) is 29.6 Å². The van der Waals surface area contributed by atoms with E-state index in [0.717, 1.165) is 48.0 Å². The minimum absolute atomic E-state index is 0.256. The molecule has 4 atom stereocenters. The first-order chi connectivity index (χ1) is 14.6. The van der Waals surface area contributed by atoms with Gasteiger partial charge in [0.15, 0.2) is 17.4 Å². The van der Waals surface area contributed by atoms with Crippen molar-refractivity contribution >= 4 is 0 Å². The second-order valence-corrected chi connectivity index (χ2v) is 10.5. The molecule has 1 nitrogen and oxygen atoms in total. The Hall–Kier alpha value is -1.12. The van der Waals surface area contributed by atoms with E-state index in [2.05, 4.69) is 6.92 Å². The highest BCUT2D eigenvalue weighted by Crippen LogP contribution is 2.50. The Kier molecular flexibility index (Phi) is 7.36. The number of hydrogen-bond acceptors (Lipinski definition) is 1. The lowest BCUT2D eigenvalue weighted by molar-refractivity contribution is 0.0614. The number of halogens is 2. The Balaban J connectivity index is 1.28. The normalized spacial score (nSPS) is 34.4. The number of rotatable bonds is 6. The Labute approximate surface area is 182 Å². The molecule has 0 amide bonds. The molecule has 3 aliphatic rings. The van der Waals surface area contributed by atoms with E-state index < -0.39 is 11.6 Å². The molecule has 0 N–H and O–H groups in total. The van der Waals surface area contributed by atoms with Gasteiger partial charge in [0, 0.05) is 0 Å². The molecule has 0 spiro atoms. The van der Waals surface area contributed by atoms with Gasteiger partial charge in [0.05, 0.1) is 7.11 Å². The average molecular weight is 419 g/mol. The van der Waals surface area contributed by atoms with Crippen molar-refractivity contribution < 1.29 is 13.5 Å². The van der Waals surface area contributed by atoms with Crippen LogP contribution in [0.3, 0.4) is 0 Å². The molecular formula is C27H40F2O. The van der Waals surface area contributed by atoms with Gasteiger partial charge in [-0.15, -0.1) is 0 Å². The minimum Gasteiger partial charge on any atom is -0.491 e. The quantitative estimate of drug-likeness (QED) is 0.452. The van der Waals surface area contributed by atoms with Crippen LogP contribution in [0.2, 0.25) is 0 Å². The largest absolute Gasteiger partial charge is 0.491 e. The van der Waals surface area contributed by atoms with Crippen molar-refractivity contribution in [2.45, 2.75) is 96.3 Å². The van der Waals surface area contributed by atoms with Crippen LogP contribution in [0.5, 0.6) is 5.75 Å². The molecule has 0 heterocycles. The third-order valence-corrected chi connectivity index (χ3v) is 8.86. The molecule has 1 aromatic carbocycles. The summed E-state index contributed by atoms with van der Waals surface area (Å²) in [6.45, 7) is 2.31. The summed E-state index contributed by atoms with van der Waals surface area (Å²) in [6.07, 6.45) is 17.5. The summed E-state index contributed by atoms with van der Waals surface area (Å²) in [7, 11) is 1.32. The van der Waals surface area contributed by atoms with Crippen molar-refractivity contribution in [2.75, 3.05) is 7.11 Å². The standard InChI is InChI=1S/C27H40F2O/c1-3-4-5-18-6-7-23-15-22(13-12-21(23)14-18)19-8-10-20(11-9-19)24-16-25(28)27(30-2)26(29)17-24/h16-23H,3-15H2,1-2H3. The summed E-state index contributed by atoms with van der Waals surface area (Å²) in [6, 6.07) is 2.99. The molecule has 0 bridgehead atoms. The fourth-order valence-corrected chi connectivity index (χ4v) is 7.14. The summed E-state index contributed by atoms with van der Waals surface area (Å²) < 4.78 is 33.1. The van der Waals surface area contributed by atoms with Crippen molar-refractivity contribution in [1.29, 1.82) is 0 Å². The van der Waals surface area contributed by atoms with Crippen molar-refractivity contribution in [3.8, 4) is 5.75 Å². The molecule has 4 rings (SSSR count). The number of fused-ring (bicyclic) bond motifs is 1. The van der Waals surface area contributed by atoms with E-state index >= 15 is 0 Å². The van der Waals surface area contributed by atoms with Gasteiger partial charge in [0.2, 0.25) is 0 Å². The summed E-state index contributed by atoms with van der Waals surface area (Å²) in [5.41, 5.74) is 0.818. The lowest BCUT2D eigenvalue weighted by Crippen LogP contribution is -2.34. The van der Waals surface area contributed by atoms with E-state index in [9.17, 15) is 8.78 Å². The van der Waals surface area contributed by atoms with Crippen molar-refractivity contribution in [3.05, 3.63) is 29.3 Å². The van der Waals surface area contributed by atoms with Crippen LogP contribution in [0.25, 0.3) is 0 Å². The lowest BCUT2D eigenvalue weighted by atomic mass is 9.60. The smallest absolute Gasteiger partial charge is 0.190 e. The number of ether oxygens (including phenoxy) is 1. The average Bonchev–Trinajstić information content (AvgIpc) is 2.77. The molecular weight excluding hydrogens is 378 g/mol. The van der Waals surface area contributed by atoms with E-state index in [4.69, 9.17) is 4.74 Å². The zero-order chi connectivity index (χ0) is 21.1. The van der Waals surface area contributed by atoms with Gasteiger partial charge in [-0.3, -0.25) is 0 Å². The topological polar surface area (TPSA) is 9.23 Å². The monoisotopic (exact) mass is 418 g/mol. The number of hydrogen-bond donors (Lipinski definition) is 0. The molecule has 0 radical (unpaired) electrons. The summed E-state index contributed by atoms with van der Waals surface area (Å²) >= 11 is 0. The second-order valence-electron chi connectivity index (χ2n) is 10.5. The van der Waals surface area contributed by atoms with E-state index in [1.807, 2.05) is 0 Å². The number of benzene rings is 1. The van der Waals surface area contributed by atoms with Crippen molar-refractivity contribution in [1.82, 2.24) is 0 Å². The van der Waals surface area contributed by atoms with Gasteiger partial charge in [0.1, 0.15) is 0 Å². The van der Waals surface area contributed by atoms with Crippen LogP contribution >= 0.6 is 0 Å². The molecule has 3 aliphatic carbocycles. The molecule has 3 fully saturated rings. The lowest BCUT2D eigenvalue weighted by Gasteiger charge is -2.45. The van der Waals surface area contributed by atoms with E-state index in [1.54, 1.807) is 0 Å². The first-order valence-electron chi connectivity index (χ1n) is 12.6. The van der Waals surface area contributed by atoms with Crippen LogP contribution in [0.15, 0.2) is 12.1 Å². The van der Waals surface area contributed by atoms with Crippen LogP contribution in [0.4, 0.5) is 8.78 Å². The van der Waals surface area contributed by atoms with Gasteiger partial charge in [-0.25, -0.2) is 8.78 Å². The Morgan fingerprint density at radius 1 is 0.800 bits per heavy atom. The third kappa shape index (κ3) is 4.86. The highest BCUT2D eigenvalue weighted by Gasteiger charge is 2.38. The summed E-state index contributed by atoms with van der Waals surface area (Å²) in [5, 5.41) is 0. The van der Waals surface area contributed by atoms with Crippen LogP contribution < -0.4 is 4.74 Å². The second kappa shape index (κ2) is 10.0. The van der Waals surface area contributed by atoms with Gasteiger partial charge in [-0.2, -0.15) is 0 Å². The maximum absolute atomic E-state index is 14.1. The fraction of sp³-hybridized carbons (Fsp3) is 0.778. The Morgan fingerprint density at radius 3 is 2.00 bits per heavy atom. The van der Waals surface area contributed by atoms with E-state index in [0.29, 0.717) is 5.92 Å². The molecule has 0 aliphatic heterocycles. The molecule has 30 heavy (non-hydrogen) atoms. The maximum Gasteiger partial charge on any atom is 0.190 e. The molecule has 3 saturated carbocycles. The predicted octanol–water partition coefficient (Wildman–Crippen LogP) is 8.27. The highest BCUT2D eigenvalue weighted by atomic mass is 19.1. The third-order valence-electron chi connectivity index (χ3n) is 8.86. The summed E-state index contributed by atoms with van der Waals surface area (Å²) in [4.78, 5) is 0. The SMILES string of the molecule is CCCCC1CCC2CC(C3CCC(c4cc(F)c(OC)c(F)c4)CC3)CCC2C1. The predicted molar refractivity (Wildman–Crippen MR) is 119 cm³/mol. The number of methoxy groups -OCH3 is 1. The minimum atomic E-state index is -0.567. The molecule has 4 unspecified atom stereocenters. The summed E-state index contributed by atoms with van der Waals surface area (Å²) in [5.74, 6) is 3.60. The van der Waals surface area contributed by atoms with Crippen molar-refractivity contribution in [3.63, 3.8) is 0 Å². The number of unbranched alkanes of at least 4 members (excludes halogenated alkanes) is 1. The molecule has 0 saturated heterocycles. The zero-order valence-electron chi connectivity index (χ0n) is 19.0. The van der Waals surface area contributed by atoms with Gasteiger partial charge >= 0.3 is 0 Å². The maximum atomic E-state index is 14.1. The molecule has 3 heteroatoms. The van der Waals surface area contributed by atoms with Crippen LogP contribution in [0, 0.1) is 41.2 Å². The van der Waals surface area contributed by atoms with Gasteiger partial charge in [-0.1, -0.05) is 32.6 Å². The highest BCUT2D eigenvalue weighted by molar-refractivity contribution is 5.33. The molecule has 0 aromatic heterocycles. The van der Waals surface area contributed by atoms with Crippen LogP contribution in [-0.4, -0.2) is 7.11 Å². The van der Waals surface area contributed by atoms with E-state index in [-0.39, 0.29) is 5.75 Å². The van der Waals surface area contributed by atoms with Crippen LogP contribution in [-0.2, 0) is 0 Å². The van der Waals surface area contributed by atoms with Gasteiger partial charge in [0.25, 0.3) is 0 Å². The van der Waals surface area contributed by atoms with Gasteiger partial charge in [-0.05, 0) is 111 Å². The Morgan fingerprint density at radius 2 is 1.37 bits per heavy atom. The first kappa shape index (κ1) is 22.1. The zero-order valence-corrected chi connectivity index (χ0v) is 19.0. The molecule has 168 valence electrons. The molecule has 1 aromatic rings. The fourth-order valence-electron chi connectivity index (χ4n) is 7.14.